The van der Waals surface area contributed by atoms with Crippen molar-refractivity contribution in [2.24, 2.45) is 5.73 Å². The molecule has 0 aliphatic carbocycles. The molecule has 4 heteroatoms. The molecule has 90 valence electrons. The van der Waals surface area contributed by atoms with Crippen LogP contribution >= 0.6 is 0 Å². The van der Waals surface area contributed by atoms with Crippen molar-refractivity contribution in [3.63, 3.8) is 0 Å². The average Bonchev–Trinajstić information content (AvgIpc) is 2.26. The van der Waals surface area contributed by atoms with E-state index in [1.807, 2.05) is 6.92 Å². The number of halogens is 2. The Morgan fingerprint density at radius 2 is 2.06 bits per heavy atom. The third-order valence-electron chi connectivity index (χ3n) is 2.55. The molecule has 0 saturated heterocycles. The van der Waals surface area contributed by atoms with Gasteiger partial charge in [-0.3, -0.25) is 0 Å². The van der Waals surface area contributed by atoms with Gasteiger partial charge in [-0.1, -0.05) is 19.8 Å². The van der Waals surface area contributed by atoms with Crippen molar-refractivity contribution in [3.05, 3.63) is 29.3 Å². The van der Waals surface area contributed by atoms with Crippen molar-refractivity contribution in [2.45, 2.75) is 32.2 Å². The van der Waals surface area contributed by atoms with Crippen LogP contribution in [0.2, 0.25) is 0 Å². The van der Waals surface area contributed by atoms with Gasteiger partial charge in [-0.15, -0.1) is 0 Å². The van der Waals surface area contributed by atoms with Gasteiger partial charge in [0.25, 0.3) is 0 Å². The molecule has 0 aliphatic heterocycles. The second-order valence-corrected chi connectivity index (χ2v) is 3.73. The second kappa shape index (κ2) is 5.80. The van der Waals surface area contributed by atoms with Crippen molar-refractivity contribution >= 4 is 0 Å². The van der Waals surface area contributed by atoms with Gasteiger partial charge in [-0.05, 0) is 18.6 Å². The summed E-state index contributed by atoms with van der Waals surface area (Å²) in [6, 6.07) is 1.83. The first-order valence-electron chi connectivity index (χ1n) is 5.39. The number of hydrogen-bond acceptors (Lipinski definition) is 2. The molecule has 2 nitrogen and oxygen atoms in total. The Morgan fingerprint density at radius 3 is 2.62 bits per heavy atom. The van der Waals surface area contributed by atoms with Crippen LogP contribution in [-0.2, 0) is 0 Å². The Labute approximate surface area is 94.4 Å². The number of unbranched alkanes of at least 4 members (excludes halogenated alkanes) is 1. The highest BCUT2D eigenvalue weighted by Crippen LogP contribution is 2.28. The summed E-state index contributed by atoms with van der Waals surface area (Å²) in [7, 11) is 1.34. The molecule has 0 unspecified atom stereocenters. The lowest BCUT2D eigenvalue weighted by Crippen LogP contribution is -2.14. The van der Waals surface area contributed by atoms with Gasteiger partial charge in [0.15, 0.2) is 11.6 Å². The van der Waals surface area contributed by atoms with Gasteiger partial charge in [0, 0.05) is 11.6 Å². The molecule has 0 spiro atoms. The zero-order valence-corrected chi connectivity index (χ0v) is 9.59. The van der Waals surface area contributed by atoms with E-state index in [0.29, 0.717) is 6.42 Å². The Kier molecular flexibility index (Phi) is 4.68. The largest absolute Gasteiger partial charge is 0.494 e. The summed E-state index contributed by atoms with van der Waals surface area (Å²) in [5, 5.41) is 0. The first kappa shape index (κ1) is 12.9. The number of methoxy groups -OCH3 is 1. The minimum atomic E-state index is -0.689. The van der Waals surface area contributed by atoms with Crippen LogP contribution < -0.4 is 10.5 Å². The van der Waals surface area contributed by atoms with Gasteiger partial charge >= 0.3 is 0 Å². The highest BCUT2D eigenvalue weighted by Gasteiger charge is 2.19. The third kappa shape index (κ3) is 2.70. The van der Waals surface area contributed by atoms with E-state index in [4.69, 9.17) is 10.5 Å². The minimum absolute atomic E-state index is 0.0309. The van der Waals surface area contributed by atoms with E-state index >= 15 is 0 Å². The first-order chi connectivity index (χ1) is 7.61. The van der Waals surface area contributed by atoms with Gasteiger partial charge in [-0.2, -0.15) is 0 Å². The molecular formula is C12H17F2NO. The summed E-state index contributed by atoms with van der Waals surface area (Å²) in [6.07, 6.45) is 2.36. The molecule has 1 aromatic carbocycles. The van der Waals surface area contributed by atoms with E-state index in [-0.39, 0.29) is 11.3 Å². The molecular weight excluding hydrogens is 212 g/mol. The van der Waals surface area contributed by atoms with Crippen LogP contribution in [0.25, 0.3) is 0 Å². The van der Waals surface area contributed by atoms with Gasteiger partial charge < -0.3 is 10.5 Å². The SMILES string of the molecule is CCCC[C@H](N)c1c(F)ccc(OC)c1F. The molecule has 16 heavy (non-hydrogen) atoms. The van der Waals surface area contributed by atoms with E-state index in [0.717, 1.165) is 12.8 Å². The lowest BCUT2D eigenvalue weighted by atomic mass is 10.0. The van der Waals surface area contributed by atoms with E-state index in [1.165, 1.54) is 19.2 Å². The van der Waals surface area contributed by atoms with Gasteiger partial charge in [-0.25, -0.2) is 8.78 Å². The molecule has 0 amide bonds. The predicted octanol–water partition coefficient (Wildman–Crippen LogP) is 3.16. The van der Waals surface area contributed by atoms with Crippen LogP contribution in [0.5, 0.6) is 5.75 Å². The molecule has 1 atom stereocenters. The van der Waals surface area contributed by atoms with E-state index < -0.39 is 17.7 Å². The van der Waals surface area contributed by atoms with E-state index in [9.17, 15) is 8.78 Å². The maximum absolute atomic E-state index is 13.8. The van der Waals surface area contributed by atoms with Crippen LogP contribution in [0.1, 0.15) is 37.8 Å². The molecule has 0 bridgehead atoms. The smallest absolute Gasteiger partial charge is 0.172 e. The Bertz CT molecular complexity index is 355. The fraction of sp³-hybridized carbons (Fsp3) is 0.500. The van der Waals surface area contributed by atoms with Crippen LogP contribution in [0.15, 0.2) is 12.1 Å². The zero-order chi connectivity index (χ0) is 12.1. The Hall–Kier alpha value is -1.16. The van der Waals surface area contributed by atoms with Gasteiger partial charge in [0.2, 0.25) is 0 Å². The summed E-state index contributed by atoms with van der Waals surface area (Å²) in [4.78, 5) is 0. The van der Waals surface area contributed by atoms with Crippen molar-refractivity contribution in [1.82, 2.24) is 0 Å². The Balaban J connectivity index is 3.01. The summed E-state index contributed by atoms with van der Waals surface area (Å²) in [6.45, 7) is 2.00. The lowest BCUT2D eigenvalue weighted by Gasteiger charge is -2.15. The molecule has 0 aliphatic rings. The second-order valence-electron chi connectivity index (χ2n) is 3.73. The molecule has 0 fully saturated rings. The summed E-state index contributed by atoms with van der Waals surface area (Å²) in [5.41, 5.74) is 5.69. The third-order valence-corrected chi connectivity index (χ3v) is 2.55. The number of hydrogen-bond donors (Lipinski definition) is 1. The van der Waals surface area contributed by atoms with Crippen LogP contribution in [0.3, 0.4) is 0 Å². The fourth-order valence-electron chi connectivity index (χ4n) is 1.62. The number of benzene rings is 1. The average molecular weight is 229 g/mol. The number of nitrogens with two attached hydrogens (primary N) is 1. The zero-order valence-electron chi connectivity index (χ0n) is 9.59. The summed E-state index contributed by atoms with van der Waals surface area (Å²) in [5.74, 6) is -1.27. The lowest BCUT2D eigenvalue weighted by molar-refractivity contribution is 0.376. The van der Waals surface area contributed by atoms with Crippen LogP contribution in [-0.4, -0.2) is 7.11 Å². The van der Waals surface area contributed by atoms with Gasteiger partial charge in [0.1, 0.15) is 5.82 Å². The first-order valence-corrected chi connectivity index (χ1v) is 5.39. The molecule has 0 saturated carbocycles. The fourth-order valence-corrected chi connectivity index (χ4v) is 1.62. The predicted molar refractivity (Wildman–Crippen MR) is 59.4 cm³/mol. The number of ether oxygens (including phenoxy) is 1. The van der Waals surface area contributed by atoms with Crippen LogP contribution in [0, 0.1) is 11.6 Å². The highest BCUT2D eigenvalue weighted by atomic mass is 19.1. The highest BCUT2D eigenvalue weighted by molar-refractivity contribution is 5.34. The summed E-state index contributed by atoms with van der Waals surface area (Å²) < 4.78 is 32.0. The Morgan fingerprint density at radius 1 is 1.38 bits per heavy atom. The quantitative estimate of drug-likeness (QED) is 0.841. The normalized spacial score (nSPS) is 12.6. The van der Waals surface area contributed by atoms with E-state index in [2.05, 4.69) is 0 Å². The molecule has 0 radical (unpaired) electrons. The summed E-state index contributed by atoms with van der Waals surface area (Å²) >= 11 is 0. The molecule has 0 heterocycles. The molecule has 0 aromatic heterocycles. The maximum atomic E-state index is 13.8. The molecule has 2 N–H and O–H groups in total. The maximum Gasteiger partial charge on any atom is 0.172 e. The standard InChI is InChI=1S/C12H17F2NO/c1-3-4-5-9(15)11-8(13)6-7-10(16-2)12(11)14/h6-7,9H,3-5,15H2,1-2H3/t9-/m0/s1. The number of rotatable bonds is 5. The van der Waals surface area contributed by atoms with Crippen molar-refractivity contribution in [2.75, 3.05) is 7.11 Å². The molecule has 1 aromatic rings. The van der Waals surface area contributed by atoms with Crippen molar-refractivity contribution in [1.29, 1.82) is 0 Å². The monoisotopic (exact) mass is 229 g/mol. The topological polar surface area (TPSA) is 35.2 Å². The van der Waals surface area contributed by atoms with Crippen molar-refractivity contribution < 1.29 is 13.5 Å². The minimum Gasteiger partial charge on any atom is -0.494 e. The van der Waals surface area contributed by atoms with E-state index in [1.54, 1.807) is 0 Å². The molecule has 1 rings (SSSR count). The van der Waals surface area contributed by atoms with Gasteiger partial charge in [0.05, 0.1) is 7.11 Å². The van der Waals surface area contributed by atoms with Crippen molar-refractivity contribution in [3.8, 4) is 5.75 Å². The van der Waals surface area contributed by atoms with Crippen LogP contribution in [0.4, 0.5) is 8.78 Å².